The number of hydrogen-bond acceptors (Lipinski definition) is 3. The number of pyridine rings is 1. The topological polar surface area (TPSA) is 59.8 Å². The van der Waals surface area contributed by atoms with Crippen LogP contribution in [0.3, 0.4) is 0 Å². The third-order valence-corrected chi connectivity index (χ3v) is 4.71. The van der Waals surface area contributed by atoms with Crippen LogP contribution in [-0.2, 0) is 4.79 Å². The van der Waals surface area contributed by atoms with Crippen LogP contribution in [0.5, 0.6) is 0 Å². The van der Waals surface area contributed by atoms with Crippen molar-refractivity contribution in [1.29, 1.82) is 0 Å². The van der Waals surface area contributed by atoms with E-state index in [0.717, 1.165) is 29.8 Å². The Hall–Kier alpha value is -1.91. The molecule has 0 bridgehead atoms. The summed E-state index contributed by atoms with van der Waals surface area (Å²) in [7, 11) is 0. The van der Waals surface area contributed by atoms with Crippen LogP contribution in [0.1, 0.15) is 70.8 Å². The monoisotopic (exact) mass is 314 g/mol. The van der Waals surface area contributed by atoms with Crippen molar-refractivity contribution < 1.29 is 4.79 Å². The number of fused-ring (bicyclic) bond motifs is 1. The molecule has 1 N–H and O–H groups in total. The highest BCUT2D eigenvalue weighted by Crippen LogP contribution is 2.26. The first-order chi connectivity index (χ1) is 11.1. The van der Waals surface area contributed by atoms with Gasteiger partial charge in [0.25, 0.3) is 0 Å². The lowest BCUT2D eigenvalue weighted by atomic mass is 9.88. The molecule has 3 rings (SSSR count). The minimum absolute atomic E-state index is 0.110. The van der Waals surface area contributed by atoms with Crippen LogP contribution in [0, 0.1) is 5.92 Å². The second kappa shape index (κ2) is 6.69. The molecule has 0 saturated heterocycles. The Morgan fingerprint density at radius 3 is 2.70 bits per heavy atom. The molecule has 1 saturated carbocycles. The van der Waals surface area contributed by atoms with Crippen LogP contribution in [0.15, 0.2) is 18.3 Å². The van der Waals surface area contributed by atoms with Crippen LogP contribution < -0.4 is 5.32 Å². The maximum Gasteiger partial charge on any atom is 0.223 e. The van der Waals surface area contributed by atoms with Crippen molar-refractivity contribution in [1.82, 2.24) is 19.9 Å². The number of amides is 1. The average molecular weight is 314 g/mol. The van der Waals surface area contributed by atoms with Gasteiger partial charge in [0, 0.05) is 18.2 Å². The summed E-state index contributed by atoms with van der Waals surface area (Å²) in [6.07, 6.45) is 7.41. The molecule has 1 fully saturated rings. The predicted molar refractivity (Wildman–Crippen MR) is 91.0 cm³/mol. The molecule has 2 aromatic heterocycles. The summed E-state index contributed by atoms with van der Waals surface area (Å²) in [6, 6.07) is 4.01. The molecule has 0 aromatic carbocycles. The molecule has 1 aliphatic rings. The van der Waals surface area contributed by atoms with Crippen LogP contribution in [-0.4, -0.2) is 20.4 Å². The van der Waals surface area contributed by atoms with E-state index in [1.807, 2.05) is 19.1 Å². The summed E-state index contributed by atoms with van der Waals surface area (Å²) in [6.45, 7) is 6.25. The smallest absolute Gasteiger partial charge is 0.223 e. The van der Waals surface area contributed by atoms with Gasteiger partial charge in [0.15, 0.2) is 5.65 Å². The minimum Gasteiger partial charge on any atom is -0.346 e. The lowest BCUT2D eigenvalue weighted by Crippen LogP contribution is -2.35. The van der Waals surface area contributed by atoms with Crippen molar-refractivity contribution in [3.05, 3.63) is 24.2 Å². The van der Waals surface area contributed by atoms with E-state index in [-0.39, 0.29) is 23.9 Å². The molecule has 0 unspecified atom stereocenters. The molecule has 2 heterocycles. The van der Waals surface area contributed by atoms with E-state index in [4.69, 9.17) is 4.98 Å². The summed E-state index contributed by atoms with van der Waals surface area (Å²) in [4.78, 5) is 21.7. The van der Waals surface area contributed by atoms with Crippen LogP contribution >= 0.6 is 0 Å². The summed E-state index contributed by atoms with van der Waals surface area (Å²) in [5, 5.41) is 3.17. The Morgan fingerprint density at radius 2 is 2.00 bits per heavy atom. The van der Waals surface area contributed by atoms with E-state index in [2.05, 4.69) is 28.7 Å². The zero-order valence-electron chi connectivity index (χ0n) is 14.2. The molecular weight excluding hydrogens is 288 g/mol. The van der Waals surface area contributed by atoms with Crippen molar-refractivity contribution in [2.75, 3.05) is 0 Å². The molecule has 0 aliphatic heterocycles. The number of aromatic nitrogens is 3. The van der Waals surface area contributed by atoms with Crippen molar-refractivity contribution in [2.45, 2.75) is 65.0 Å². The zero-order valence-corrected chi connectivity index (χ0v) is 14.2. The van der Waals surface area contributed by atoms with Gasteiger partial charge < -0.3 is 9.88 Å². The number of nitrogens with zero attached hydrogens (tertiary/aromatic N) is 3. The van der Waals surface area contributed by atoms with Crippen molar-refractivity contribution in [3.8, 4) is 0 Å². The lowest BCUT2D eigenvalue weighted by Gasteiger charge is -2.24. The highest BCUT2D eigenvalue weighted by Gasteiger charge is 2.25. The SMILES string of the molecule is CC(C)n1c([C@@H](C)NC(=O)C2CCCCC2)nc2cccnc21. The quantitative estimate of drug-likeness (QED) is 0.934. The van der Waals surface area contributed by atoms with E-state index in [1.165, 1.54) is 19.3 Å². The largest absolute Gasteiger partial charge is 0.346 e. The van der Waals surface area contributed by atoms with E-state index in [0.29, 0.717) is 0 Å². The molecule has 2 aromatic rings. The highest BCUT2D eigenvalue weighted by molar-refractivity contribution is 5.79. The average Bonchev–Trinajstić information content (AvgIpc) is 2.95. The van der Waals surface area contributed by atoms with E-state index < -0.39 is 0 Å². The van der Waals surface area contributed by atoms with Gasteiger partial charge in [-0.2, -0.15) is 0 Å². The van der Waals surface area contributed by atoms with Crippen molar-refractivity contribution in [3.63, 3.8) is 0 Å². The Balaban J connectivity index is 1.84. The number of imidazole rings is 1. The third-order valence-electron chi connectivity index (χ3n) is 4.71. The molecule has 0 spiro atoms. The van der Waals surface area contributed by atoms with Gasteiger partial charge in [-0.1, -0.05) is 19.3 Å². The maximum atomic E-state index is 12.5. The fourth-order valence-electron chi connectivity index (χ4n) is 3.52. The summed E-state index contributed by atoms with van der Waals surface area (Å²) >= 11 is 0. The third kappa shape index (κ3) is 3.23. The molecule has 23 heavy (non-hydrogen) atoms. The predicted octanol–water partition coefficient (Wildman–Crippen LogP) is 3.77. The van der Waals surface area contributed by atoms with E-state index in [1.54, 1.807) is 6.20 Å². The second-order valence-corrected chi connectivity index (χ2v) is 6.85. The Labute approximate surface area is 137 Å². The highest BCUT2D eigenvalue weighted by atomic mass is 16.1. The lowest BCUT2D eigenvalue weighted by molar-refractivity contribution is -0.126. The van der Waals surface area contributed by atoms with Gasteiger partial charge in [-0.25, -0.2) is 9.97 Å². The molecule has 1 atom stereocenters. The first-order valence-electron chi connectivity index (χ1n) is 8.71. The van der Waals surface area contributed by atoms with Crippen LogP contribution in [0.4, 0.5) is 0 Å². The zero-order chi connectivity index (χ0) is 16.4. The van der Waals surface area contributed by atoms with E-state index >= 15 is 0 Å². The Bertz CT molecular complexity index is 685. The molecular formula is C18H26N4O. The first-order valence-corrected chi connectivity index (χ1v) is 8.71. The van der Waals surface area contributed by atoms with Crippen molar-refractivity contribution >= 4 is 17.1 Å². The summed E-state index contributed by atoms with van der Waals surface area (Å²) < 4.78 is 2.13. The van der Waals surface area contributed by atoms with Crippen LogP contribution in [0.25, 0.3) is 11.2 Å². The standard InChI is InChI=1S/C18H26N4O/c1-12(2)22-16(21-15-10-7-11-19-17(15)22)13(3)20-18(23)14-8-5-4-6-9-14/h7,10-14H,4-6,8-9H2,1-3H3,(H,20,23)/t13-/m1/s1. The molecule has 1 amide bonds. The maximum absolute atomic E-state index is 12.5. The number of carbonyl (C=O) groups is 1. The number of hydrogen-bond donors (Lipinski definition) is 1. The van der Waals surface area contributed by atoms with Gasteiger partial charge >= 0.3 is 0 Å². The normalized spacial score (nSPS) is 17.6. The van der Waals surface area contributed by atoms with Gasteiger partial charge in [-0.05, 0) is 45.7 Å². The molecule has 5 heteroatoms. The number of rotatable bonds is 4. The molecule has 0 radical (unpaired) electrons. The summed E-state index contributed by atoms with van der Waals surface area (Å²) in [5.41, 5.74) is 1.77. The van der Waals surface area contributed by atoms with Gasteiger partial charge in [0.05, 0.1) is 6.04 Å². The van der Waals surface area contributed by atoms with E-state index in [9.17, 15) is 4.79 Å². The molecule has 1 aliphatic carbocycles. The molecule has 124 valence electrons. The Morgan fingerprint density at radius 1 is 1.26 bits per heavy atom. The van der Waals surface area contributed by atoms with Gasteiger partial charge in [0.1, 0.15) is 11.3 Å². The second-order valence-electron chi connectivity index (χ2n) is 6.85. The fraction of sp³-hybridized carbons (Fsp3) is 0.611. The Kier molecular flexibility index (Phi) is 4.64. The van der Waals surface area contributed by atoms with Gasteiger partial charge in [0.2, 0.25) is 5.91 Å². The summed E-state index contributed by atoms with van der Waals surface area (Å²) in [5.74, 6) is 1.23. The number of nitrogens with one attached hydrogen (secondary N) is 1. The fourth-order valence-corrected chi connectivity index (χ4v) is 3.52. The van der Waals surface area contributed by atoms with Crippen LogP contribution in [0.2, 0.25) is 0 Å². The van der Waals surface area contributed by atoms with Gasteiger partial charge in [-0.3, -0.25) is 4.79 Å². The van der Waals surface area contributed by atoms with Gasteiger partial charge in [-0.15, -0.1) is 0 Å². The first kappa shape index (κ1) is 16.0. The minimum atomic E-state index is -0.110. The van der Waals surface area contributed by atoms with Crippen molar-refractivity contribution in [2.24, 2.45) is 5.92 Å². The molecule has 5 nitrogen and oxygen atoms in total. The number of carbonyl (C=O) groups excluding carboxylic acids is 1.